The predicted molar refractivity (Wildman–Crippen MR) is 228 cm³/mol. The minimum atomic E-state index is -1.50. The molecule has 294 valence electrons. The Bertz CT molecular complexity index is 844. The standard InChI is InChI=1S/C40H80N2O2Si2.2BrH.Ni/c1-29(2)33-21-19-22-34(30(3)4)39(33)41-37(25-15-17-27-43-45(9,10)11)38(26-16-18-28-44-46(12,13)14)42-40-35(31(5)6)23-20-24-36(40)32(7)8;;;/h29-36,39-40H,15-28H2,1-14H3;2*1H;/q;;;+2/p-2. The van der Waals surface area contributed by atoms with Gasteiger partial charge in [-0.3, -0.25) is 9.98 Å². The van der Waals surface area contributed by atoms with Gasteiger partial charge < -0.3 is 8.85 Å². The van der Waals surface area contributed by atoms with E-state index in [0.717, 1.165) is 51.7 Å². The predicted octanol–water partition coefficient (Wildman–Crippen LogP) is 13.8. The summed E-state index contributed by atoms with van der Waals surface area (Å²) in [5.74, 6) is 5.31. The molecule has 0 N–H and O–H groups in total. The molecule has 2 fully saturated rings. The summed E-state index contributed by atoms with van der Waals surface area (Å²) in [6, 6.07) is 0.825. The van der Waals surface area contributed by atoms with E-state index in [-0.39, 0.29) is 0 Å². The van der Waals surface area contributed by atoms with E-state index < -0.39 is 16.6 Å². The monoisotopic (exact) mass is 892 g/mol. The fourth-order valence-corrected chi connectivity index (χ4v) is 9.78. The zero-order valence-electron chi connectivity index (χ0n) is 34.5. The van der Waals surface area contributed by atoms with Gasteiger partial charge in [0, 0.05) is 13.2 Å². The molecule has 0 aromatic rings. The van der Waals surface area contributed by atoms with Gasteiger partial charge in [-0.25, -0.2) is 0 Å². The molecule has 2 rings (SSSR count). The van der Waals surface area contributed by atoms with Crippen LogP contribution in [0.3, 0.4) is 0 Å². The van der Waals surface area contributed by atoms with Crippen molar-refractivity contribution in [3.63, 3.8) is 0 Å². The van der Waals surface area contributed by atoms with Crippen LogP contribution in [0.1, 0.15) is 132 Å². The normalized spacial score (nSPS) is 26.2. The van der Waals surface area contributed by atoms with Crippen LogP contribution >= 0.6 is 28.5 Å². The molecule has 0 heterocycles. The summed E-state index contributed by atoms with van der Waals surface area (Å²) in [4.78, 5) is 11.9. The zero-order chi connectivity index (χ0) is 37.4. The first-order valence-electron chi connectivity index (χ1n) is 20.1. The van der Waals surface area contributed by atoms with Gasteiger partial charge in [0.25, 0.3) is 0 Å². The fourth-order valence-electron chi connectivity index (χ4n) is 8.26. The maximum atomic E-state index is 6.30. The van der Waals surface area contributed by atoms with Gasteiger partial charge >= 0.3 is 39.3 Å². The van der Waals surface area contributed by atoms with Crippen molar-refractivity contribution in [3.8, 4) is 0 Å². The first kappa shape index (κ1) is 48.2. The number of hydrogen-bond donors (Lipinski definition) is 0. The van der Waals surface area contributed by atoms with Crippen molar-refractivity contribution < 1.29 is 19.7 Å². The van der Waals surface area contributed by atoms with Gasteiger partial charge in [0.1, 0.15) is 0 Å². The van der Waals surface area contributed by atoms with Gasteiger partial charge in [-0.2, -0.15) is 0 Å². The Labute approximate surface area is 328 Å². The number of aliphatic imine (C=N–C) groups is 2. The molecule has 2 saturated carbocycles. The Hall–Kier alpha value is 1.15. The average Bonchev–Trinajstić information content (AvgIpc) is 2.98. The van der Waals surface area contributed by atoms with Crippen LogP contribution in [-0.4, -0.2) is 53.4 Å². The molecule has 4 atom stereocenters. The van der Waals surface area contributed by atoms with Crippen molar-refractivity contribution in [2.24, 2.45) is 57.3 Å². The van der Waals surface area contributed by atoms with E-state index >= 15 is 0 Å². The van der Waals surface area contributed by atoms with Gasteiger partial charge in [-0.15, -0.1) is 0 Å². The second-order valence-corrected chi connectivity index (χ2v) is 32.5. The van der Waals surface area contributed by atoms with Gasteiger partial charge in [-0.05, 0) is 151 Å². The molecule has 4 nitrogen and oxygen atoms in total. The topological polar surface area (TPSA) is 43.2 Å². The van der Waals surface area contributed by atoms with Crippen LogP contribution in [0.5, 0.6) is 0 Å². The molecular weight excluding hydrogens is 815 g/mol. The third kappa shape index (κ3) is 19.3. The van der Waals surface area contributed by atoms with Crippen LogP contribution in [-0.2, 0) is 19.7 Å². The van der Waals surface area contributed by atoms with E-state index in [4.69, 9.17) is 18.8 Å². The van der Waals surface area contributed by atoms with Crippen molar-refractivity contribution in [2.45, 2.75) is 184 Å². The van der Waals surface area contributed by atoms with Crippen LogP contribution in [0.25, 0.3) is 0 Å². The van der Waals surface area contributed by atoms with Crippen LogP contribution in [0.2, 0.25) is 39.3 Å². The number of unbranched alkanes of at least 4 members (excludes halogenated alkanes) is 2. The van der Waals surface area contributed by atoms with Crippen LogP contribution in [0, 0.1) is 47.3 Å². The van der Waals surface area contributed by atoms with E-state index in [1.54, 1.807) is 0 Å². The van der Waals surface area contributed by atoms with Gasteiger partial charge in [0.2, 0.25) is 0 Å². The first-order valence-corrected chi connectivity index (χ1v) is 31.8. The average molecular weight is 896 g/mol. The minimum absolute atomic E-state index is 0.413. The van der Waals surface area contributed by atoms with Gasteiger partial charge in [0.15, 0.2) is 16.6 Å². The second-order valence-electron chi connectivity index (χ2n) is 18.5. The molecule has 9 heteroatoms. The molecule has 0 aromatic carbocycles. The summed E-state index contributed by atoms with van der Waals surface area (Å²) in [6.45, 7) is 35.1. The van der Waals surface area contributed by atoms with Gasteiger partial charge in [0.05, 0.1) is 23.5 Å². The summed E-state index contributed by atoms with van der Waals surface area (Å²) >= 11 is 6.00. The Balaban J connectivity index is 0.00000385. The van der Waals surface area contributed by atoms with Crippen molar-refractivity contribution in [1.29, 1.82) is 0 Å². The summed E-state index contributed by atoms with van der Waals surface area (Å²) in [5, 5.41) is 0. The van der Waals surface area contributed by atoms with E-state index in [1.165, 1.54) is 60.8 Å². The van der Waals surface area contributed by atoms with Crippen molar-refractivity contribution in [3.05, 3.63) is 0 Å². The molecule has 2 aliphatic carbocycles. The summed E-state index contributed by atoms with van der Waals surface area (Å²) < 4.78 is 12.6. The number of hydrogen-bond acceptors (Lipinski definition) is 4. The molecular formula is C40H80Br2N2NiO2Si2. The van der Waals surface area contributed by atoms with Crippen LogP contribution in [0.15, 0.2) is 9.98 Å². The molecule has 49 heavy (non-hydrogen) atoms. The van der Waals surface area contributed by atoms with Crippen LogP contribution in [0.4, 0.5) is 0 Å². The van der Waals surface area contributed by atoms with E-state index in [0.29, 0.717) is 59.4 Å². The third-order valence-electron chi connectivity index (χ3n) is 11.0. The van der Waals surface area contributed by atoms with Crippen molar-refractivity contribution in [2.75, 3.05) is 13.2 Å². The number of rotatable bonds is 19. The quantitative estimate of drug-likeness (QED) is 0.0736. The van der Waals surface area contributed by atoms with E-state index in [9.17, 15) is 0 Å². The van der Waals surface area contributed by atoms with E-state index in [1.807, 2.05) is 0 Å². The third-order valence-corrected chi connectivity index (χ3v) is 13.1. The van der Waals surface area contributed by atoms with Crippen LogP contribution < -0.4 is 0 Å². The Morgan fingerprint density at radius 2 is 0.816 bits per heavy atom. The molecule has 0 aliphatic heterocycles. The molecule has 4 unspecified atom stereocenters. The molecule has 0 radical (unpaired) electrons. The first-order chi connectivity index (χ1) is 22.8. The van der Waals surface area contributed by atoms with Crippen molar-refractivity contribution in [1.82, 2.24) is 0 Å². The second kappa shape index (κ2) is 24.5. The number of halogens is 2. The fraction of sp³-hybridized carbons (Fsp3) is 0.950. The van der Waals surface area contributed by atoms with Gasteiger partial charge in [-0.1, -0.05) is 68.2 Å². The Morgan fingerprint density at radius 3 is 1.04 bits per heavy atom. The summed E-state index contributed by atoms with van der Waals surface area (Å²) in [7, 11) is -1.76. The summed E-state index contributed by atoms with van der Waals surface area (Å²) in [5.41, 5.74) is 2.72. The molecule has 0 aromatic heterocycles. The zero-order valence-corrected chi connectivity index (χ0v) is 40.6. The Morgan fingerprint density at radius 1 is 0.551 bits per heavy atom. The summed E-state index contributed by atoms with van der Waals surface area (Å²) in [6.07, 6.45) is 14.6. The molecule has 0 bridgehead atoms. The van der Waals surface area contributed by atoms with E-state index in [2.05, 4.69) is 123 Å². The van der Waals surface area contributed by atoms with Crippen molar-refractivity contribution >= 4 is 56.5 Å². The maximum absolute atomic E-state index is 6.30. The molecule has 0 saturated heterocycles. The molecule has 0 amide bonds. The Kier molecular flexibility index (Phi) is 24.1. The SMILES string of the molecule is CC(C)C1CCCC(C(C)C)C1N=C(CCCCO[Si](C)(C)C)C(CCCCO[Si](C)(C)C)=NC1C(C(C)C)CCCC1C(C)C.[Br][Ni][Br]. The molecule has 2 aliphatic rings. The number of nitrogens with zero attached hydrogens (tertiary/aromatic N) is 2. The molecule has 0 spiro atoms.